The van der Waals surface area contributed by atoms with Crippen LogP contribution in [0, 0.1) is 0 Å². The predicted molar refractivity (Wildman–Crippen MR) is 50.1 cm³/mol. The van der Waals surface area contributed by atoms with Crippen molar-refractivity contribution in [3.8, 4) is 5.75 Å². The third kappa shape index (κ3) is 8.13. The largest absolute Gasteiger partial charge is 0.508 e. The van der Waals surface area contributed by atoms with E-state index in [0.717, 1.165) is 6.26 Å². The highest BCUT2D eigenvalue weighted by Crippen LogP contribution is 2.02. The van der Waals surface area contributed by atoms with Crippen molar-refractivity contribution in [3.05, 3.63) is 43.2 Å². The molecule has 0 radical (unpaired) electrons. The summed E-state index contributed by atoms with van der Waals surface area (Å²) >= 11 is 0. The van der Waals surface area contributed by atoms with E-state index in [-0.39, 0.29) is 5.97 Å². The lowest BCUT2D eigenvalue weighted by Gasteiger charge is -1.83. The Bertz CT molecular complexity index is 254. The van der Waals surface area contributed by atoms with E-state index in [1.165, 1.54) is 6.92 Å². The summed E-state index contributed by atoms with van der Waals surface area (Å²) in [6.45, 7) is 4.48. The van der Waals surface area contributed by atoms with Crippen molar-refractivity contribution < 1.29 is 14.6 Å². The number of phenols is 1. The zero-order valence-corrected chi connectivity index (χ0v) is 7.43. The van der Waals surface area contributed by atoms with Crippen LogP contribution in [0.1, 0.15) is 6.92 Å². The molecular formula is C10H12O3. The SMILES string of the molecule is C=COC(C)=O.Oc1ccccc1. The van der Waals surface area contributed by atoms with E-state index in [1.54, 1.807) is 24.3 Å². The van der Waals surface area contributed by atoms with Crippen molar-refractivity contribution in [1.82, 2.24) is 0 Å². The molecule has 1 aromatic carbocycles. The molecule has 70 valence electrons. The van der Waals surface area contributed by atoms with Crippen LogP contribution in [0.15, 0.2) is 43.2 Å². The Kier molecular flexibility index (Phi) is 5.97. The molecule has 0 fully saturated rings. The first-order chi connectivity index (χ1) is 6.16. The summed E-state index contributed by atoms with van der Waals surface area (Å²) < 4.78 is 4.17. The fourth-order valence-corrected chi connectivity index (χ4v) is 0.545. The Balaban J connectivity index is 0.000000226. The van der Waals surface area contributed by atoms with E-state index in [4.69, 9.17) is 5.11 Å². The van der Waals surface area contributed by atoms with Crippen LogP contribution in [-0.4, -0.2) is 11.1 Å². The highest BCUT2D eigenvalue weighted by atomic mass is 16.5. The second-order valence-electron chi connectivity index (χ2n) is 2.11. The maximum atomic E-state index is 9.75. The number of carbonyl (C=O) groups is 1. The Hall–Kier alpha value is -1.77. The molecule has 1 N–H and O–H groups in total. The van der Waals surface area contributed by atoms with Gasteiger partial charge < -0.3 is 9.84 Å². The maximum Gasteiger partial charge on any atom is 0.307 e. The number of benzene rings is 1. The van der Waals surface area contributed by atoms with Gasteiger partial charge in [-0.1, -0.05) is 24.8 Å². The van der Waals surface area contributed by atoms with Crippen LogP contribution in [0.25, 0.3) is 0 Å². The van der Waals surface area contributed by atoms with Gasteiger partial charge in [-0.2, -0.15) is 0 Å². The molecule has 1 aromatic rings. The van der Waals surface area contributed by atoms with Crippen molar-refractivity contribution in [2.24, 2.45) is 0 Å². The highest BCUT2D eigenvalue weighted by Gasteiger charge is 1.79. The monoisotopic (exact) mass is 180 g/mol. The van der Waals surface area contributed by atoms with E-state index < -0.39 is 0 Å². The van der Waals surface area contributed by atoms with Gasteiger partial charge in [0.25, 0.3) is 0 Å². The van der Waals surface area contributed by atoms with Crippen LogP contribution in [0.2, 0.25) is 0 Å². The molecule has 0 heterocycles. The van der Waals surface area contributed by atoms with Gasteiger partial charge in [-0.3, -0.25) is 4.79 Å². The van der Waals surface area contributed by atoms with Crippen LogP contribution < -0.4 is 0 Å². The molecule has 3 heteroatoms. The van der Waals surface area contributed by atoms with Gasteiger partial charge in [0.1, 0.15) is 5.75 Å². The molecule has 0 aromatic heterocycles. The fourth-order valence-electron chi connectivity index (χ4n) is 0.545. The molecule has 0 unspecified atom stereocenters. The quantitative estimate of drug-likeness (QED) is 0.531. The van der Waals surface area contributed by atoms with Gasteiger partial charge >= 0.3 is 5.97 Å². The number of ether oxygens (including phenoxy) is 1. The minimum atomic E-state index is -0.329. The van der Waals surface area contributed by atoms with Gasteiger partial charge in [-0.25, -0.2) is 0 Å². The number of rotatable bonds is 1. The number of para-hydroxylation sites is 1. The van der Waals surface area contributed by atoms with E-state index in [0.29, 0.717) is 5.75 Å². The lowest BCUT2D eigenvalue weighted by molar-refractivity contribution is -0.135. The minimum absolute atomic E-state index is 0.322. The number of esters is 1. The molecule has 0 spiro atoms. The standard InChI is InChI=1S/C6H6O.C4H6O2/c7-6-4-2-1-3-5-6;1-3-6-4(2)5/h1-5,7H;3H,1H2,2H3. The van der Waals surface area contributed by atoms with Gasteiger partial charge in [0.15, 0.2) is 0 Å². The zero-order valence-electron chi connectivity index (χ0n) is 7.43. The lowest BCUT2D eigenvalue weighted by Crippen LogP contribution is -1.87. The van der Waals surface area contributed by atoms with Gasteiger partial charge in [0, 0.05) is 6.92 Å². The third-order valence-corrected chi connectivity index (χ3v) is 1.01. The first kappa shape index (κ1) is 11.2. The van der Waals surface area contributed by atoms with Crippen LogP contribution in [0.4, 0.5) is 0 Å². The second-order valence-corrected chi connectivity index (χ2v) is 2.11. The fraction of sp³-hybridized carbons (Fsp3) is 0.100. The van der Waals surface area contributed by atoms with E-state index in [1.807, 2.05) is 6.07 Å². The number of phenolic OH excluding ortho intramolecular Hbond substituents is 1. The molecule has 0 bridgehead atoms. The van der Waals surface area contributed by atoms with E-state index in [9.17, 15) is 4.79 Å². The number of aromatic hydroxyl groups is 1. The topological polar surface area (TPSA) is 46.5 Å². The number of hydrogen-bond donors (Lipinski definition) is 1. The van der Waals surface area contributed by atoms with Crippen LogP contribution >= 0.6 is 0 Å². The molecule has 0 aliphatic rings. The van der Waals surface area contributed by atoms with E-state index >= 15 is 0 Å². The Morgan fingerprint density at radius 2 is 2.00 bits per heavy atom. The summed E-state index contributed by atoms with van der Waals surface area (Å²) in [6, 6.07) is 8.71. The molecule has 0 aliphatic carbocycles. The molecule has 0 saturated carbocycles. The summed E-state index contributed by atoms with van der Waals surface area (Å²) in [5, 5.41) is 8.63. The molecule has 0 aliphatic heterocycles. The molecule has 1 rings (SSSR count). The van der Waals surface area contributed by atoms with Crippen molar-refractivity contribution in [1.29, 1.82) is 0 Å². The van der Waals surface area contributed by atoms with Crippen LogP contribution in [0.5, 0.6) is 5.75 Å². The summed E-state index contributed by atoms with van der Waals surface area (Å²) in [7, 11) is 0. The highest BCUT2D eigenvalue weighted by molar-refractivity contribution is 5.66. The molecule has 0 amide bonds. The Morgan fingerprint density at radius 3 is 2.15 bits per heavy atom. The zero-order chi connectivity index (χ0) is 10.1. The lowest BCUT2D eigenvalue weighted by atomic mass is 10.3. The average molecular weight is 180 g/mol. The summed E-state index contributed by atoms with van der Waals surface area (Å²) in [5.74, 6) is -0.00694. The predicted octanol–water partition coefficient (Wildman–Crippen LogP) is 2.09. The van der Waals surface area contributed by atoms with Crippen molar-refractivity contribution >= 4 is 5.97 Å². The Morgan fingerprint density at radius 1 is 1.46 bits per heavy atom. The number of hydrogen-bond acceptors (Lipinski definition) is 3. The number of carbonyl (C=O) groups excluding carboxylic acids is 1. The molecule has 13 heavy (non-hydrogen) atoms. The second kappa shape index (κ2) is 6.91. The van der Waals surface area contributed by atoms with Crippen LogP contribution in [0.3, 0.4) is 0 Å². The first-order valence-electron chi connectivity index (χ1n) is 3.69. The maximum absolute atomic E-state index is 9.75. The van der Waals surface area contributed by atoms with Crippen molar-refractivity contribution in [2.45, 2.75) is 6.92 Å². The first-order valence-corrected chi connectivity index (χ1v) is 3.69. The van der Waals surface area contributed by atoms with Crippen molar-refractivity contribution in [3.63, 3.8) is 0 Å². The summed E-state index contributed by atoms with van der Waals surface area (Å²) in [4.78, 5) is 9.75. The Labute approximate surface area is 77.3 Å². The normalized spacial score (nSPS) is 7.77. The smallest absolute Gasteiger partial charge is 0.307 e. The van der Waals surface area contributed by atoms with Gasteiger partial charge in [0.2, 0.25) is 0 Å². The van der Waals surface area contributed by atoms with Crippen molar-refractivity contribution in [2.75, 3.05) is 0 Å². The van der Waals surface area contributed by atoms with Gasteiger partial charge in [0.05, 0.1) is 6.26 Å². The molecule has 0 atom stereocenters. The minimum Gasteiger partial charge on any atom is -0.508 e. The molecular weight excluding hydrogens is 168 g/mol. The summed E-state index contributed by atoms with van der Waals surface area (Å²) in [6.07, 6.45) is 1.10. The summed E-state index contributed by atoms with van der Waals surface area (Å²) in [5.41, 5.74) is 0. The van der Waals surface area contributed by atoms with Crippen LogP contribution in [-0.2, 0) is 9.53 Å². The third-order valence-electron chi connectivity index (χ3n) is 1.01. The van der Waals surface area contributed by atoms with Gasteiger partial charge in [-0.15, -0.1) is 0 Å². The molecule has 3 nitrogen and oxygen atoms in total. The van der Waals surface area contributed by atoms with Gasteiger partial charge in [-0.05, 0) is 12.1 Å². The molecule has 0 saturated heterocycles. The van der Waals surface area contributed by atoms with E-state index in [2.05, 4.69) is 11.3 Å². The average Bonchev–Trinajstić information content (AvgIpc) is 2.06.